The highest BCUT2D eigenvalue weighted by Crippen LogP contribution is 2.25. The zero-order valence-corrected chi connectivity index (χ0v) is 11.4. The number of nitrogens with zero attached hydrogens (tertiary/aromatic N) is 2. The van der Waals surface area contributed by atoms with E-state index in [1.54, 1.807) is 12.5 Å². The third-order valence-corrected chi connectivity index (χ3v) is 3.52. The second-order valence-corrected chi connectivity index (χ2v) is 5.23. The summed E-state index contributed by atoms with van der Waals surface area (Å²) in [5, 5.41) is 6.31. The molecule has 2 heterocycles. The van der Waals surface area contributed by atoms with Gasteiger partial charge in [-0.2, -0.15) is 0 Å². The molecule has 5 heteroatoms. The van der Waals surface area contributed by atoms with E-state index in [1.807, 2.05) is 35.9 Å². The van der Waals surface area contributed by atoms with Crippen LogP contribution in [0, 0.1) is 0 Å². The molecule has 1 amide bonds. The van der Waals surface area contributed by atoms with E-state index >= 15 is 0 Å². The Kier molecular flexibility index (Phi) is 3.41. The third kappa shape index (κ3) is 2.66. The monoisotopic (exact) mass is 270 g/mol. The van der Waals surface area contributed by atoms with E-state index in [9.17, 15) is 4.79 Å². The molecule has 0 spiro atoms. The van der Waals surface area contributed by atoms with E-state index in [1.165, 1.54) is 5.56 Å². The number of benzene rings is 1. The first-order chi connectivity index (χ1) is 9.72. The Morgan fingerprint density at radius 2 is 2.40 bits per heavy atom. The molecule has 2 aromatic rings. The summed E-state index contributed by atoms with van der Waals surface area (Å²) in [5.74, 6) is 0.0498. The van der Waals surface area contributed by atoms with E-state index in [0.29, 0.717) is 0 Å². The number of nitrogens with one attached hydrogen (secondary N) is 2. The summed E-state index contributed by atoms with van der Waals surface area (Å²) in [6, 6.07) is 7.96. The van der Waals surface area contributed by atoms with Gasteiger partial charge >= 0.3 is 0 Å². The molecule has 0 saturated carbocycles. The molecule has 1 aliphatic rings. The zero-order chi connectivity index (χ0) is 13.9. The molecule has 104 valence electrons. The van der Waals surface area contributed by atoms with Gasteiger partial charge in [-0.15, -0.1) is 0 Å². The Labute approximate surface area is 118 Å². The highest BCUT2D eigenvalue weighted by Gasteiger charge is 2.26. The zero-order valence-electron chi connectivity index (χ0n) is 11.4. The first-order valence-corrected chi connectivity index (χ1v) is 6.83. The largest absolute Gasteiger partial charge is 0.373 e. The Balaban J connectivity index is 1.56. The second-order valence-electron chi connectivity index (χ2n) is 5.23. The summed E-state index contributed by atoms with van der Waals surface area (Å²) in [5.41, 5.74) is 2.27. The molecule has 0 radical (unpaired) electrons. The van der Waals surface area contributed by atoms with E-state index in [0.717, 1.165) is 18.7 Å². The molecular formula is C15H18N4O. The first-order valence-electron chi connectivity index (χ1n) is 6.83. The summed E-state index contributed by atoms with van der Waals surface area (Å²) < 4.78 is 1.96. The van der Waals surface area contributed by atoms with Gasteiger partial charge in [0.25, 0.3) is 0 Å². The van der Waals surface area contributed by atoms with E-state index in [-0.39, 0.29) is 18.0 Å². The Morgan fingerprint density at radius 3 is 3.15 bits per heavy atom. The average Bonchev–Trinajstić information content (AvgIpc) is 3.06. The number of rotatable bonds is 4. The van der Waals surface area contributed by atoms with Crippen LogP contribution in [0.5, 0.6) is 0 Å². The van der Waals surface area contributed by atoms with Gasteiger partial charge in [-0.1, -0.05) is 18.2 Å². The number of imidazole rings is 1. The minimum absolute atomic E-state index is 0.0498. The maximum Gasteiger partial charge on any atom is 0.243 e. The molecule has 3 rings (SSSR count). The lowest BCUT2D eigenvalue weighted by molar-refractivity contribution is -0.122. The van der Waals surface area contributed by atoms with Crippen LogP contribution in [-0.2, 0) is 17.8 Å². The minimum Gasteiger partial charge on any atom is -0.373 e. The van der Waals surface area contributed by atoms with Gasteiger partial charge < -0.3 is 15.2 Å². The Bertz CT molecular complexity index is 569. The van der Waals surface area contributed by atoms with Crippen LogP contribution in [0.3, 0.4) is 0 Å². The number of hydrogen-bond acceptors (Lipinski definition) is 3. The minimum atomic E-state index is -0.169. The second kappa shape index (κ2) is 5.36. The number of aromatic nitrogens is 2. The van der Waals surface area contributed by atoms with Crippen molar-refractivity contribution in [3.05, 3.63) is 48.5 Å². The molecule has 1 aromatic heterocycles. The van der Waals surface area contributed by atoms with Crippen LogP contribution in [0.15, 0.2) is 43.0 Å². The fraction of sp³-hybridized carbons (Fsp3) is 0.333. The van der Waals surface area contributed by atoms with Crippen molar-refractivity contribution in [3.63, 3.8) is 0 Å². The van der Waals surface area contributed by atoms with Crippen molar-refractivity contribution in [2.45, 2.75) is 32.0 Å². The van der Waals surface area contributed by atoms with Gasteiger partial charge in [0.2, 0.25) is 5.91 Å². The lowest BCUT2D eigenvalue weighted by atomic mass is 10.1. The summed E-state index contributed by atoms with van der Waals surface area (Å²) in [4.78, 5) is 16.3. The molecule has 2 N–H and O–H groups in total. The van der Waals surface area contributed by atoms with Crippen LogP contribution in [0.2, 0.25) is 0 Å². The van der Waals surface area contributed by atoms with E-state index in [2.05, 4.69) is 21.7 Å². The molecule has 0 fully saturated rings. The normalized spacial score (nSPS) is 18.1. The SMILES string of the molecule is CC(Cn1ccnc1)NC(=O)[C@@H]1Cc2ccccc2N1. The van der Waals surface area contributed by atoms with Crippen LogP contribution < -0.4 is 10.6 Å². The number of hydrogen-bond donors (Lipinski definition) is 2. The van der Waals surface area contributed by atoms with Gasteiger partial charge in [-0.3, -0.25) is 4.79 Å². The van der Waals surface area contributed by atoms with Crippen LogP contribution in [0.4, 0.5) is 5.69 Å². The van der Waals surface area contributed by atoms with Crippen molar-refractivity contribution < 1.29 is 4.79 Å². The lowest BCUT2D eigenvalue weighted by Gasteiger charge is -2.18. The van der Waals surface area contributed by atoms with Gasteiger partial charge in [-0.25, -0.2) is 4.98 Å². The molecular weight excluding hydrogens is 252 g/mol. The van der Waals surface area contributed by atoms with Crippen molar-refractivity contribution in [2.75, 3.05) is 5.32 Å². The molecule has 20 heavy (non-hydrogen) atoms. The topological polar surface area (TPSA) is 59.0 Å². The van der Waals surface area contributed by atoms with Crippen molar-refractivity contribution in [1.29, 1.82) is 0 Å². The van der Waals surface area contributed by atoms with Crippen LogP contribution in [0.25, 0.3) is 0 Å². The molecule has 1 aromatic carbocycles. The number of carbonyl (C=O) groups excluding carboxylic acids is 1. The van der Waals surface area contributed by atoms with Gasteiger partial charge in [0.15, 0.2) is 0 Å². The first kappa shape index (κ1) is 12.7. The van der Waals surface area contributed by atoms with Crippen molar-refractivity contribution in [1.82, 2.24) is 14.9 Å². The summed E-state index contributed by atoms with van der Waals surface area (Å²) in [6.07, 6.45) is 6.14. The van der Waals surface area contributed by atoms with E-state index in [4.69, 9.17) is 0 Å². The van der Waals surface area contributed by atoms with Gasteiger partial charge in [0.1, 0.15) is 6.04 Å². The predicted octanol–water partition coefficient (Wildman–Crippen LogP) is 1.42. The smallest absolute Gasteiger partial charge is 0.243 e. The van der Waals surface area contributed by atoms with Gasteiger partial charge in [-0.05, 0) is 18.6 Å². The number of carbonyl (C=O) groups is 1. The van der Waals surface area contributed by atoms with Gasteiger partial charge in [0.05, 0.1) is 6.33 Å². The standard InChI is InChI=1S/C15H18N4O/c1-11(9-19-7-6-16-10-19)17-15(20)14-8-12-4-2-3-5-13(12)18-14/h2-7,10-11,14,18H,8-9H2,1H3,(H,17,20)/t11?,14-/m0/s1. The highest BCUT2D eigenvalue weighted by atomic mass is 16.2. The van der Waals surface area contributed by atoms with Crippen LogP contribution >= 0.6 is 0 Å². The quantitative estimate of drug-likeness (QED) is 0.883. The molecule has 1 unspecified atom stereocenters. The van der Waals surface area contributed by atoms with E-state index < -0.39 is 0 Å². The molecule has 0 bridgehead atoms. The molecule has 1 aliphatic heterocycles. The summed E-state index contributed by atoms with van der Waals surface area (Å²) in [7, 11) is 0. The molecule has 2 atom stereocenters. The average molecular weight is 270 g/mol. The highest BCUT2D eigenvalue weighted by molar-refractivity contribution is 5.87. The number of anilines is 1. The molecule has 0 aliphatic carbocycles. The summed E-state index contributed by atoms with van der Waals surface area (Å²) in [6.45, 7) is 2.73. The number of amides is 1. The van der Waals surface area contributed by atoms with Crippen molar-refractivity contribution >= 4 is 11.6 Å². The van der Waals surface area contributed by atoms with Crippen molar-refractivity contribution in [3.8, 4) is 0 Å². The Morgan fingerprint density at radius 1 is 1.55 bits per heavy atom. The Hall–Kier alpha value is -2.30. The van der Waals surface area contributed by atoms with Crippen molar-refractivity contribution in [2.24, 2.45) is 0 Å². The van der Waals surface area contributed by atoms with Gasteiger partial charge in [0, 0.05) is 37.1 Å². The van der Waals surface area contributed by atoms with Crippen LogP contribution in [-0.4, -0.2) is 27.5 Å². The summed E-state index contributed by atoms with van der Waals surface area (Å²) >= 11 is 0. The maximum absolute atomic E-state index is 12.3. The molecule has 0 saturated heterocycles. The fourth-order valence-corrected chi connectivity index (χ4v) is 2.56. The fourth-order valence-electron chi connectivity index (χ4n) is 2.56. The maximum atomic E-state index is 12.3. The van der Waals surface area contributed by atoms with Crippen LogP contribution in [0.1, 0.15) is 12.5 Å². The predicted molar refractivity (Wildman–Crippen MR) is 77.4 cm³/mol. The lowest BCUT2D eigenvalue weighted by Crippen LogP contribution is -2.44. The number of para-hydroxylation sites is 1. The third-order valence-electron chi connectivity index (χ3n) is 3.52. The molecule has 5 nitrogen and oxygen atoms in total. The number of fused-ring (bicyclic) bond motifs is 1.